The molecular weight excluding hydrogens is 374 g/mol. The van der Waals surface area contributed by atoms with Crippen LogP contribution in [0.5, 0.6) is 5.19 Å². The van der Waals surface area contributed by atoms with E-state index in [0.29, 0.717) is 29.9 Å². The minimum absolute atomic E-state index is 0. The zero-order valence-corrected chi connectivity index (χ0v) is 17.0. The van der Waals surface area contributed by atoms with Gasteiger partial charge in [0.15, 0.2) is 0 Å². The number of aromatic nitrogens is 1. The normalized spacial score (nSPS) is 15.8. The molecule has 144 valence electrons. The summed E-state index contributed by atoms with van der Waals surface area (Å²) < 4.78 is 11.1. The molecule has 0 bridgehead atoms. The van der Waals surface area contributed by atoms with E-state index in [4.69, 9.17) is 15.9 Å². The van der Waals surface area contributed by atoms with Gasteiger partial charge in [-0.05, 0) is 33.6 Å². The van der Waals surface area contributed by atoms with Crippen LogP contribution in [0.4, 0.5) is 0 Å². The Morgan fingerprint density at radius 2 is 2.31 bits per heavy atom. The van der Waals surface area contributed by atoms with E-state index in [0.717, 1.165) is 25.0 Å². The average molecular weight is 400 g/mol. The molecule has 0 spiro atoms. The number of terminal acetylenes is 1. The maximum Gasteiger partial charge on any atom is 0.278 e. The highest BCUT2D eigenvalue weighted by Crippen LogP contribution is 2.24. The van der Waals surface area contributed by atoms with Crippen molar-refractivity contribution in [2.24, 2.45) is 0 Å². The molecule has 0 aliphatic carbocycles. The smallest absolute Gasteiger partial charge is 0.278 e. The van der Waals surface area contributed by atoms with Gasteiger partial charge < -0.3 is 14.8 Å². The summed E-state index contributed by atoms with van der Waals surface area (Å²) >= 11 is 1.21. The summed E-state index contributed by atoms with van der Waals surface area (Å²) in [4.78, 5) is 18.9. The van der Waals surface area contributed by atoms with E-state index >= 15 is 0 Å². The molecule has 0 aromatic carbocycles. The molecule has 2 heterocycles. The van der Waals surface area contributed by atoms with Crippen LogP contribution in [0, 0.1) is 12.3 Å². The lowest BCUT2D eigenvalue weighted by molar-refractivity contribution is 0.0943. The molecule has 1 aromatic rings. The zero-order chi connectivity index (χ0) is 18.3. The van der Waals surface area contributed by atoms with Gasteiger partial charge in [-0.1, -0.05) is 11.3 Å². The van der Waals surface area contributed by atoms with E-state index in [-0.39, 0.29) is 23.9 Å². The van der Waals surface area contributed by atoms with E-state index in [1.165, 1.54) is 17.5 Å². The summed E-state index contributed by atoms with van der Waals surface area (Å²) in [6.45, 7) is 8.26. The molecule has 0 atom stereocenters. The SMILES string of the molecule is C#CCCCCNC(=O)c1cnc(O/C=C2/CN(C(C)(C)C)CO2)s1.Cl. The first-order valence-corrected chi connectivity index (χ1v) is 9.13. The molecule has 1 aromatic heterocycles. The van der Waals surface area contributed by atoms with Crippen LogP contribution in [-0.4, -0.2) is 41.2 Å². The Balaban J connectivity index is 0.00000338. The number of hydrogen-bond donors (Lipinski definition) is 1. The first-order valence-electron chi connectivity index (χ1n) is 8.31. The standard InChI is InChI=1S/C18H25N3O3S.ClH/c1-5-6-7-8-9-19-16(22)15-10-20-17(25-15)23-12-14-11-21(13-24-14)18(2,3)4;/h1,10,12H,6-9,11,13H2,2-4H3,(H,19,22);1H/b14-12-;. The fraction of sp³-hybridized carbons (Fsp3) is 0.556. The van der Waals surface area contributed by atoms with E-state index < -0.39 is 0 Å². The zero-order valence-electron chi connectivity index (χ0n) is 15.4. The number of thiazole rings is 1. The number of carbonyl (C=O) groups is 1. The Labute approximate surface area is 165 Å². The summed E-state index contributed by atoms with van der Waals surface area (Å²) in [7, 11) is 0. The molecule has 0 unspecified atom stereocenters. The van der Waals surface area contributed by atoms with Crippen LogP contribution in [0.2, 0.25) is 0 Å². The number of halogens is 1. The third-order valence-corrected chi connectivity index (χ3v) is 4.62. The second kappa shape index (κ2) is 10.4. The van der Waals surface area contributed by atoms with Gasteiger partial charge in [0.2, 0.25) is 0 Å². The number of ether oxygens (including phenoxy) is 2. The third-order valence-electron chi connectivity index (χ3n) is 3.73. The monoisotopic (exact) mass is 399 g/mol. The summed E-state index contributed by atoms with van der Waals surface area (Å²) in [5.41, 5.74) is 0.0439. The molecule has 1 aliphatic rings. The van der Waals surface area contributed by atoms with Crippen molar-refractivity contribution in [2.75, 3.05) is 19.8 Å². The van der Waals surface area contributed by atoms with E-state index in [2.05, 4.69) is 41.9 Å². The summed E-state index contributed by atoms with van der Waals surface area (Å²) in [6, 6.07) is 0. The number of hydrogen-bond acceptors (Lipinski definition) is 6. The van der Waals surface area contributed by atoms with Crippen molar-refractivity contribution in [3.8, 4) is 17.5 Å². The van der Waals surface area contributed by atoms with Gasteiger partial charge in [-0.15, -0.1) is 24.8 Å². The number of unbranched alkanes of at least 4 members (excludes halogenated alkanes) is 2. The molecule has 0 radical (unpaired) electrons. The maximum atomic E-state index is 12.0. The van der Waals surface area contributed by atoms with Gasteiger partial charge in [0.05, 0.1) is 12.7 Å². The molecule has 1 amide bonds. The lowest BCUT2D eigenvalue weighted by Crippen LogP contribution is -2.39. The Morgan fingerprint density at radius 3 is 2.96 bits per heavy atom. The van der Waals surface area contributed by atoms with Crippen molar-refractivity contribution < 1.29 is 14.3 Å². The topological polar surface area (TPSA) is 63.7 Å². The number of nitrogens with zero attached hydrogens (tertiary/aromatic N) is 2. The van der Waals surface area contributed by atoms with Crippen molar-refractivity contribution in [3.05, 3.63) is 23.1 Å². The Kier molecular flexibility index (Phi) is 8.93. The number of nitrogens with one attached hydrogen (secondary N) is 1. The highest BCUT2D eigenvalue weighted by Gasteiger charge is 2.28. The van der Waals surface area contributed by atoms with Crippen molar-refractivity contribution in [3.63, 3.8) is 0 Å². The van der Waals surface area contributed by atoms with Crippen LogP contribution < -0.4 is 10.1 Å². The largest absolute Gasteiger partial charge is 0.478 e. The number of rotatable bonds is 7. The quantitative estimate of drug-likeness (QED) is 0.432. The van der Waals surface area contributed by atoms with Crippen LogP contribution in [0.25, 0.3) is 0 Å². The molecule has 2 rings (SSSR count). The average Bonchev–Trinajstić information content (AvgIpc) is 3.21. The van der Waals surface area contributed by atoms with Gasteiger partial charge in [-0.2, -0.15) is 0 Å². The van der Waals surface area contributed by atoms with Crippen LogP contribution in [0.3, 0.4) is 0 Å². The Bertz CT molecular complexity index is 661. The van der Waals surface area contributed by atoms with Gasteiger partial charge >= 0.3 is 0 Å². The van der Waals surface area contributed by atoms with E-state index in [1.807, 2.05) is 0 Å². The van der Waals surface area contributed by atoms with Gasteiger partial charge in [0.1, 0.15) is 23.6 Å². The van der Waals surface area contributed by atoms with E-state index in [1.54, 1.807) is 6.26 Å². The highest BCUT2D eigenvalue weighted by atomic mass is 35.5. The minimum atomic E-state index is -0.142. The third kappa shape index (κ3) is 6.87. The number of amides is 1. The van der Waals surface area contributed by atoms with Gasteiger partial charge in [-0.25, -0.2) is 4.98 Å². The van der Waals surface area contributed by atoms with Crippen LogP contribution >= 0.6 is 23.7 Å². The fourth-order valence-electron chi connectivity index (χ4n) is 2.12. The molecule has 8 heteroatoms. The molecular formula is C18H26ClN3O3S. The first-order chi connectivity index (χ1) is 11.9. The second-order valence-electron chi connectivity index (χ2n) is 6.75. The van der Waals surface area contributed by atoms with Gasteiger partial charge in [0.25, 0.3) is 11.1 Å². The summed E-state index contributed by atoms with van der Waals surface area (Å²) in [5, 5.41) is 3.27. The molecule has 1 aliphatic heterocycles. The van der Waals surface area contributed by atoms with Crippen molar-refractivity contribution in [1.82, 2.24) is 15.2 Å². The van der Waals surface area contributed by atoms with Gasteiger partial charge in [-0.3, -0.25) is 9.69 Å². The van der Waals surface area contributed by atoms with Gasteiger partial charge in [0, 0.05) is 18.5 Å². The summed E-state index contributed by atoms with van der Waals surface area (Å²) in [5.74, 6) is 3.20. The van der Waals surface area contributed by atoms with Crippen LogP contribution in [0.1, 0.15) is 49.7 Å². The Morgan fingerprint density at radius 1 is 1.54 bits per heavy atom. The minimum Gasteiger partial charge on any atom is -0.478 e. The van der Waals surface area contributed by atoms with Crippen molar-refractivity contribution in [2.45, 2.75) is 45.6 Å². The van der Waals surface area contributed by atoms with Crippen LogP contribution in [0.15, 0.2) is 18.2 Å². The predicted molar refractivity (Wildman–Crippen MR) is 106 cm³/mol. The van der Waals surface area contributed by atoms with Crippen molar-refractivity contribution >= 4 is 29.7 Å². The molecule has 1 fully saturated rings. The van der Waals surface area contributed by atoms with Crippen molar-refractivity contribution in [1.29, 1.82) is 0 Å². The molecule has 1 saturated heterocycles. The molecule has 0 saturated carbocycles. The second-order valence-corrected chi connectivity index (χ2v) is 7.74. The number of carbonyl (C=O) groups excluding carboxylic acids is 1. The lowest BCUT2D eigenvalue weighted by Gasteiger charge is -2.28. The first kappa shape index (κ1) is 22.3. The molecule has 26 heavy (non-hydrogen) atoms. The van der Waals surface area contributed by atoms with E-state index in [9.17, 15) is 4.79 Å². The molecule has 1 N–H and O–H groups in total. The maximum absolute atomic E-state index is 12.0. The predicted octanol–water partition coefficient (Wildman–Crippen LogP) is 3.41. The molecule has 6 nitrogen and oxygen atoms in total. The lowest BCUT2D eigenvalue weighted by atomic mass is 10.1. The van der Waals surface area contributed by atoms with Crippen LogP contribution in [-0.2, 0) is 4.74 Å². The fourth-order valence-corrected chi connectivity index (χ4v) is 2.78. The highest BCUT2D eigenvalue weighted by molar-refractivity contribution is 7.15. The Hall–Kier alpha value is -1.75. The summed E-state index contributed by atoms with van der Waals surface area (Å²) in [6.07, 6.45) is 10.8.